The van der Waals surface area contributed by atoms with Crippen molar-refractivity contribution in [1.82, 2.24) is 10.3 Å². The fourth-order valence-corrected chi connectivity index (χ4v) is 1.70. The zero-order chi connectivity index (χ0) is 13.6. The average molecular weight is 273 g/mol. The SMILES string of the molecule is COC[C@@](C)(CCO)NC(=O)c1ccc(Cl)cn1. The molecule has 0 unspecified atom stereocenters. The highest BCUT2D eigenvalue weighted by molar-refractivity contribution is 6.30. The number of hydrogen-bond donors (Lipinski definition) is 2. The summed E-state index contributed by atoms with van der Waals surface area (Å²) in [5.41, 5.74) is -0.346. The number of carbonyl (C=O) groups excluding carboxylic acids is 1. The number of rotatable bonds is 6. The minimum absolute atomic E-state index is 0.0335. The van der Waals surface area contributed by atoms with Crippen LogP contribution < -0.4 is 5.32 Å². The van der Waals surface area contributed by atoms with Gasteiger partial charge in [-0.25, -0.2) is 4.98 Å². The van der Waals surface area contributed by atoms with Gasteiger partial charge in [-0.3, -0.25) is 4.79 Å². The molecular formula is C12H17ClN2O3. The first-order valence-electron chi connectivity index (χ1n) is 5.54. The van der Waals surface area contributed by atoms with E-state index in [-0.39, 0.29) is 18.2 Å². The van der Waals surface area contributed by atoms with Crippen LogP contribution in [-0.2, 0) is 4.74 Å². The summed E-state index contributed by atoms with van der Waals surface area (Å²) in [5, 5.41) is 12.3. The van der Waals surface area contributed by atoms with Crippen LogP contribution in [0.15, 0.2) is 18.3 Å². The highest BCUT2D eigenvalue weighted by Gasteiger charge is 2.26. The first-order chi connectivity index (χ1) is 8.50. The van der Waals surface area contributed by atoms with Gasteiger partial charge in [0, 0.05) is 19.9 Å². The number of hydrogen-bond acceptors (Lipinski definition) is 4. The fourth-order valence-electron chi connectivity index (χ4n) is 1.58. The summed E-state index contributed by atoms with van der Waals surface area (Å²) in [4.78, 5) is 15.9. The smallest absolute Gasteiger partial charge is 0.270 e. The van der Waals surface area contributed by atoms with Crippen molar-refractivity contribution >= 4 is 17.5 Å². The van der Waals surface area contributed by atoms with Crippen LogP contribution in [0.25, 0.3) is 0 Å². The number of methoxy groups -OCH3 is 1. The van der Waals surface area contributed by atoms with Gasteiger partial charge in [-0.2, -0.15) is 0 Å². The van der Waals surface area contributed by atoms with Gasteiger partial charge >= 0.3 is 0 Å². The number of amides is 1. The molecule has 0 bridgehead atoms. The average Bonchev–Trinajstić information content (AvgIpc) is 2.30. The Morgan fingerprint density at radius 2 is 2.33 bits per heavy atom. The van der Waals surface area contributed by atoms with Crippen LogP contribution in [0.4, 0.5) is 0 Å². The van der Waals surface area contributed by atoms with Crippen LogP contribution >= 0.6 is 11.6 Å². The number of aliphatic hydroxyl groups excluding tert-OH is 1. The van der Waals surface area contributed by atoms with Crippen LogP contribution in [0.1, 0.15) is 23.8 Å². The predicted octanol–water partition coefficient (Wildman–Crippen LogP) is 1.25. The van der Waals surface area contributed by atoms with Crippen molar-refractivity contribution < 1.29 is 14.6 Å². The van der Waals surface area contributed by atoms with Crippen molar-refractivity contribution in [2.45, 2.75) is 18.9 Å². The molecule has 100 valence electrons. The van der Waals surface area contributed by atoms with Crippen molar-refractivity contribution in [2.24, 2.45) is 0 Å². The first-order valence-corrected chi connectivity index (χ1v) is 5.92. The molecule has 0 spiro atoms. The molecule has 0 fully saturated rings. The van der Waals surface area contributed by atoms with E-state index >= 15 is 0 Å². The number of nitrogens with one attached hydrogen (secondary N) is 1. The van der Waals surface area contributed by atoms with Crippen LogP contribution in [0.5, 0.6) is 0 Å². The third-order valence-corrected chi connectivity index (χ3v) is 2.73. The highest BCUT2D eigenvalue weighted by atomic mass is 35.5. The lowest BCUT2D eigenvalue weighted by atomic mass is 9.99. The van der Waals surface area contributed by atoms with Crippen LogP contribution in [0, 0.1) is 0 Å². The topological polar surface area (TPSA) is 71.5 Å². The molecule has 5 nitrogen and oxygen atoms in total. The molecule has 2 N–H and O–H groups in total. The maximum Gasteiger partial charge on any atom is 0.270 e. The van der Waals surface area contributed by atoms with Crippen LogP contribution in [0.2, 0.25) is 5.02 Å². The number of halogens is 1. The van der Waals surface area contributed by atoms with E-state index in [1.165, 1.54) is 6.20 Å². The highest BCUT2D eigenvalue weighted by Crippen LogP contribution is 2.12. The lowest BCUT2D eigenvalue weighted by molar-refractivity contribution is 0.0721. The first kappa shape index (κ1) is 14.9. The Morgan fingerprint density at radius 1 is 1.61 bits per heavy atom. The Bertz CT molecular complexity index is 389. The Kier molecular flexibility index (Phi) is 5.53. The summed E-state index contributed by atoms with van der Waals surface area (Å²) in [6.07, 6.45) is 1.82. The van der Waals surface area contributed by atoms with Gasteiger partial charge < -0.3 is 15.2 Å². The van der Waals surface area contributed by atoms with Gasteiger partial charge in [0.1, 0.15) is 5.69 Å². The molecule has 0 aliphatic rings. The maximum absolute atomic E-state index is 12.0. The Labute approximate surface area is 111 Å². The molecule has 0 saturated carbocycles. The Hall–Kier alpha value is -1.17. The molecule has 6 heteroatoms. The molecule has 1 aromatic rings. The van der Waals surface area contributed by atoms with Crippen molar-refractivity contribution in [3.63, 3.8) is 0 Å². The largest absolute Gasteiger partial charge is 0.396 e. The molecule has 1 atom stereocenters. The van der Waals surface area contributed by atoms with Crippen LogP contribution in [0.3, 0.4) is 0 Å². The summed E-state index contributed by atoms with van der Waals surface area (Å²) in [5.74, 6) is -0.320. The maximum atomic E-state index is 12.0. The molecule has 1 heterocycles. The summed E-state index contributed by atoms with van der Waals surface area (Å²) in [6, 6.07) is 3.15. The normalized spacial score (nSPS) is 14.0. The van der Waals surface area contributed by atoms with E-state index in [1.807, 2.05) is 0 Å². The molecule has 0 radical (unpaired) electrons. The standard InChI is InChI=1S/C12H17ClN2O3/c1-12(5-6-16,8-18-2)15-11(17)10-4-3-9(13)7-14-10/h3-4,7,16H,5-6,8H2,1-2H3,(H,15,17)/t12-/m1/s1. The van der Waals surface area contributed by atoms with E-state index < -0.39 is 5.54 Å². The fraction of sp³-hybridized carbons (Fsp3) is 0.500. The lowest BCUT2D eigenvalue weighted by Gasteiger charge is -2.29. The third kappa shape index (κ3) is 4.25. The molecule has 0 aliphatic heterocycles. The van der Waals surface area contributed by atoms with Crippen LogP contribution in [-0.4, -0.2) is 41.9 Å². The number of nitrogens with zero attached hydrogens (tertiary/aromatic N) is 1. The van der Waals surface area contributed by atoms with Crippen molar-refractivity contribution in [1.29, 1.82) is 0 Å². The van der Waals surface area contributed by atoms with E-state index in [4.69, 9.17) is 21.4 Å². The van der Waals surface area contributed by atoms with E-state index in [2.05, 4.69) is 10.3 Å². The molecule has 18 heavy (non-hydrogen) atoms. The second-order valence-electron chi connectivity index (χ2n) is 4.28. The number of aliphatic hydroxyl groups is 1. The van der Waals surface area contributed by atoms with E-state index in [0.29, 0.717) is 18.1 Å². The number of ether oxygens (including phenoxy) is 1. The van der Waals surface area contributed by atoms with E-state index in [1.54, 1.807) is 26.2 Å². The molecule has 1 rings (SSSR count). The van der Waals surface area contributed by atoms with Crippen molar-refractivity contribution in [3.05, 3.63) is 29.0 Å². The molecular weight excluding hydrogens is 256 g/mol. The second-order valence-corrected chi connectivity index (χ2v) is 4.72. The number of carbonyl (C=O) groups is 1. The van der Waals surface area contributed by atoms with Gasteiger partial charge in [-0.15, -0.1) is 0 Å². The molecule has 0 saturated heterocycles. The third-order valence-electron chi connectivity index (χ3n) is 2.50. The van der Waals surface area contributed by atoms with E-state index in [9.17, 15) is 4.79 Å². The molecule has 1 amide bonds. The summed E-state index contributed by atoms with van der Waals surface area (Å²) >= 11 is 5.70. The summed E-state index contributed by atoms with van der Waals surface area (Å²) < 4.78 is 5.05. The second kappa shape index (κ2) is 6.68. The Morgan fingerprint density at radius 3 is 2.83 bits per heavy atom. The van der Waals surface area contributed by atoms with Crippen molar-refractivity contribution in [3.8, 4) is 0 Å². The molecule has 0 aromatic carbocycles. The van der Waals surface area contributed by atoms with Gasteiger partial charge in [0.05, 0.1) is 17.2 Å². The zero-order valence-corrected chi connectivity index (χ0v) is 11.2. The van der Waals surface area contributed by atoms with E-state index in [0.717, 1.165) is 0 Å². The predicted molar refractivity (Wildman–Crippen MR) is 68.7 cm³/mol. The number of aromatic nitrogens is 1. The zero-order valence-electron chi connectivity index (χ0n) is 10.4. The van der Waals surface area contributed by atoms with Gasteiger partial charge in [-0.1, -0.05) is 11.6 Å². The number of pyridine rings is 1. The van der Waals surface area contributed by atoms with Gasteiger partial charge in [0.2, 0.25) is 0 Å². The van der Waals surface area contributed by atoms with Gasteiger partial charge in [0.25, 0.3) is 5.91 Å². The monoisotopic (exact) mass is 272 g/mol. The van der Waals surface area contributed by atoms with Gasteiger partial charge in [0.15, 0.2) is 0 Å². The molecule has 0 aliphatic carbocycles. The quantitative estimate of drug-likeness (QED) is 0.818. The summed E-state index contributed by atoms with van der Waals surface area (Å²) in [6.45, 7) is 2.08. The lowest BCUT2D eigenvalue weighted by Crippen LogP contribution is -2.50. The minimum Gasteiger partial charge on any atom is -0.396 e. The minimum atomic E-state index is -0.623. The van der Waals surface area contributed by atoms with Crippen molar-refractivity contribution in [2.75, 3.05) is 20.3 Å². The molecule has 1 aromatic heterocycles. The summed E-state index contributed by atoms with van der Waals surface area (Å²) in [7, 11) is 1.54. The Balaban J connectivity index is 2.74. The van der Waals surface area contributed by atoms with Gasteiger partial charge in [-0.05, 0) is 25.5 Å².